The highest BCUT2D eigenvalue weighted by Crippen LogP contribution is 2.52. The van der Waals surface area contributed by atoms with Crippen LogP contribution < -0.4 is 5.73 Å². The standard InChI is InChI=1S/C14H17BrClN/c15-11-5-10(6-12(16)7-11)14(17)13-4-8-1-2-9(13)3-8/h5-9,13-14H,1-4,17H2. The van der Waals surface area contributed by atoms with Crippen LogP contribution in [0, 0.1) is 17.8 Å². The van der Waals surface area contributed by atoms with Crippen molar-refractivity contribution >= 4 is 27.5 Å². The largest absolute Gasteiger partial charge is 0.324 e. The van der Waals surface area contributed by atoms with Crippen molar-refractivity contribution in [3.63, 3.8) is 0 Å². The molecule has 2 bridgehead atoms. The van der Waals surface area contributed by atoms with Crippen molar-refractivity contribution in [2.45, 2.75) is 31.7 Å². The molecule has 2 aliphatic rings. The fourth-order valence-corrected chi connectivity index (χ4v) is 4.63. The molecule has 1 aromatic rings. The highest BCUT2D eigenvalue weighted by atomic mass is 79.9. The van der Waals surface area contributed by atoms with E-state index in [1.54, 1.807) is 0 Å². The fraction of sp³-hybridized carbons (Fsp3) is 0.571. The molecule has 1 nitrogen and oxygen atoms in total. The fourth-order valence-electron chi connectivity index (χ4n) is 3.75. The van der Waals surface area contributed by atoms with Crippen LogP contribution in [-0.4, -0.2) is 0 Å². The summed E-state index contributed by atoms with van der Waals surface area (Å²) in [5.41, 5.74) is 7.63. The maximum atomic E-state index is 6.45. The number of halogens is 2. The van der Waals surface area contributed by atoms with Crippen LogP contribution in [0.15, 0.2) is 22.7 Å². The summed E-state index contributed by atoms with van der Waals surface area (Å²) >= 11 is 9.59. The van der Waals surface area contributed by atoms with Gasteiger partial charge in [-0.1, -0.05) is 34.0 Å². The first-order valence-electron chi connectivity index (χ1n) is 6.35. The van der Waals surface area contributed by atoms with E-state index in [0.29, 0.717) is 5.92 Å². The predicted molar refractivity (Wildman–Crippen MR) is 75.0 cm³/mol. The van der Waals surface area contributed by atoms with Crippen molar-refractivity contribution in [2.75, 3.05) is 0 Å². The van der Waals surface area contributed by atoms with E-state index < -0.39 is 0 Å². The normalized spacial score (nSPS) is 33.0. The second-order valence-corrected chi connectivity index (χ2v) is 6.92. The van der Waals surface area contributed by atoms with Gasteiger partial charge in [-0.05, 0) is 60.8 Å². The quantitative estimate of drug-likeness (QED) is 0.852. The summed E-state index contributed by atoms with van der Waals surface area (Å²) in [7, 11) is 0. The number of hydrogen-bond acceptors (Lipinski definition) is 1. The lowest BCUT2D eigenvalue weighted by Crippen LogP contribution is -2.25. The summed E-state index contributed by atoms with van der Waals surface area (Å²) in [6.45, 7) is 0. The number of hydrogen-bond donors (Lipinski definition) is 1. The summed E-state index contributed by atoms with van der Waals surface area (Å²) in [6, 6.07) is 6.20. The van der Waals surface area contributed by atoms with Crippen molar-refractivity contribution < 1.29 is 0 Å². The maximum absolute atomic E-state index is 6.45. The van der Waals surface area contributed by atoms with E-state index in [0.717, 1.165) is 21.3 Å². The van der Waals surface area contributed by atoms with Crippen molar-refractivity contribution in [3.8, 4) is 0 Å². The molecule has 3 heteroatoms. The van der Waals surface area contributed by atoms with E-state index in [1.165, 1.54) is 31.2 Å². The molecule has 2 N–H and O–H groups in total. The predicted octanol–water partition coefficient (Wildman–Crippen LogP) is 4.54. The van der Waals surface area contributed by atoms with Gasteiger partial charge < -0.3 is 5.73 Å². The monoisotopic (exact) mass is 313 g/mol. The Kier molecular flexibility index (Phi) is 3.22. The Bertz CT molecular complexity index is 414. The molecule has 0 radical (unpaired) electrons. The second-order valence-electron chi connectivity index (χ2n) is 5.57. The van der Waals surface area contributed by atoms with Gasteiger partial charge in [0.1, 0.15) is 0 Å². The molecule has 2 fully saturated rings. The van der Waals surface area contributed by atoms with E-state index in [9.17, 15) is 0 Å². The zero-order valence-electron chi connectivity index (χ0n) is 9.70. The van der Waals surface area contributed by atoms with Crippen LogP contribution in [0.2, 0.25) is 5.02 Å². The van der Waals surface area contributed by atoms with Gasteiger partial charge in [-0.2, -0.15) is 0 Å². The van der Waals surface area contributed by atoms with E-state index in [-0.39, 0.29) is 6.04 Å². The molecule has 3 rings (SSSR count). The van der Waals surface area contributed by atoms with Gasteiger partial charge >= 0.3 is 0 Å². The van der Waals surface area contributed by atoms with Crippen LogP contribution in [0.1, 0.15) is 37.3 Å². The van der Waals surface area contributed by atoms with E-state index in [2.05, 4.69) is 22.0 Å². The van der Waals surface area contributed by atoms with Crippen molar-refractivity contribution in [2.24, 2.45) is 23.5 Å². The molecular weight excluding hydrogens is 298 g/mol. The Balaban J connectivity index is 1.83. The molecule has 0 spiro atoms. The number of rotatable bonds is 2. The van der Waals surface area contributed by atoms with Crippen LogP contribution in [-0.2, 0) is 0 Å². The third-order valence-corrected chi connectivity index (χ3v) is 5.20. The Morgan fingerprint density at radius 3 is 2.65 bits per heavy atom. The Morgan fingerprint density at radius 1 is 1.24 bits per heavy atom. The molecule has 1 aromatic carbocycles. The van der Waals surface area contributed by atoms with E-state index in [1.807, 2.05) is 12.1 Å². The van der Waals surface area contributed by atoms with E-state index >= 15 is 0 Å². The topological polar surface area (TPSA) is 26.0 Å². The van der Waals surface area contributed by atoms with Crippen LogP contribution in [0.3, 0.4) is 0 Å². The molecular formula is C14H17BrClN. The Labute approximate surface area is 116 Å². The molecule has 4 unspecified atom stereocenters. The van der Waals surface area contributed by atoms with Crippen LogP contribution >= 0.6 is 27.5 Å². The third-order valence-electron chi connectivity index (χ3n) is 4.52. The first-order chi connectivity index (χ1) is 8.13. The lowest BCUT2D eigenvalue weighted by atomic mass is 9.81. The minimum Gasteiger partial charge on any atom is -0.324 e. The Morgan fingerprint density at radius 2 is 2.06 bits per heavy atom. The molecule has 92 valence electrons. The van der Waals surface area contributed by atoms with E-state index in [4.69, 9.17) is 17.3 Å². The van der Waals surface area contributed by atoms with Gasteiger partial charge in [-0.3, -0.25) is 0 Å². The molecule has 0 aromatic heterocycles. The van der Waals surface area contributed by atoms with Crippen molar-refractivity contribution in [3.05, 3.63) is 33.3 Å². The lowest BCUT2D eigenvalue weighted by Gasteiger charge is -2.28. The smallest absolute Gasteiger partial charge is 0.0420 e. The number of benzene rings is 1. The molecule has 0 aliphatic heterocycles. The average molecular weight is 315 g/mol. The van der Waals surface area contributed by atoms with Crippen molar-refractivity contribution in [1.29, 1.82) is 0 Å². The summed E-state index contributed by atoms with van der Waals surface area (Å²) in [4.78, 5) is 0. The minimum absolute atomic E-state index is 0.153. The van der Waals surface area contributed by atoms with Gasteiger partial charge in [0.25, 0.3) is 0 Å². The molecule has 2 aliphatic carbocycles. The van der Waals surface area contributed by atoms with Crippen LogP contribution in [0.4, 0.5) is 0 Å². The summed E-state index contributed by atoms with van der Waals surface area (Å²) in [6.07, 6.45) is 5.52. The van der Waals surface area contributed by atoms with Gasteiger partial charge in [0.15, 0.2) is 0 Å². The van der Waals surface area contributed by atoms with Crippen LogP contribution in [0.5, 0.6) is 0 Å². The van der Waals surface area contributed by atoms with Crippen LogP contribution in [0.25, 0.3) is 0 Å². The molecule has 17 heavy (non-hydrogen) atoms. The minimum atomic E-state index is 0.153. The number of nitrogens with two attached hydrogens (primary N) is 1. The molecule has 0 amide bonds. The molecule has 4 atom stereocenters. The SMILES string of the molecule is NC(c1cc(Cl)cc(Br)c1)C1CC2CCC1C2. The van der Waals surface area contributed by atoms with Gasteiger partial charge in [0, 0.05) is 15.5 Å². The third kappa shape index (κ3) is 2.27. The number of fused-ring (bicyclic) bond motifs is 2. The zero-order valence-corrected chi connectivity index (χ0v) is 12.0. The molecule has 0 heterocycles. The maximum Gasteiger partial charge on any atom is 0.0420 e. The molecule has 0 saturated heterocycles. The van der Waals surface area contributed by atoms with Gasteiger partial charge in [0.05, 0.1) is 0 Å². The first-order valence-corrected chi connectivity index (χ1v) is 7.52. The second kappa shape index (κ2) is 4.56. The lowest BCUT2D eigenvalue weighted by molar-refractivity contribution is 0.284. The summed E-state index contributed by atoms with van der Waals surface area (Å²) in [5, 5.41) is 0.771. The molecule has 2 saturated carbocycles. The zero-order chi connectivity index (χ0) is 12.0. The van der Waals surface area contributed by atoms with Gasteiger partial charge in [0.2, 0.25) is 0 Å². The van der Waals surface area contributed by atoms with Gasteiger partial charge in [-0.15, -0.1) is 0 Å². The average Bonchev–Trinajstić information content (AvgIpc) is 2.88. The first kappa shape index (κ1) is 12.0. The Hall–Kier alpha value is -0.0500. The highest BCUT2D eigenvalue weighted by molar-refractivity contribution is 9.10. The highest BCUT2D eigenvalue weighted by Gasteiger charge is 2.42. The van der Waals surface area contributed by atoms with Crippen molar-refractivity contribution in [1.82, 2.24) is 0 Å². The van der Waals surface area contributed by atoms with Gasteiger partial charge in [-0.25, -0.2) is 0 Å². The summed E-state index contributed by atoms with van der Waals surface area (Å²) in [5.74, 6) is 2.46. The summed E-state index contributed by atoms with van der Waals surface area (Å²) < 4.78 is 1.03.